The fourth-order valence-corrected chi connectivity index (χ4v) is 3.93. The average molecular weight is 380 g/mol. The highest BCUT2D eigenvalue weighted by atomic mass is 16.1. The first-order valence-electron chi connectivity index (χ1n) is 10.0. The zero-order valence-corrected chi connectivity index (χ0v) is 16.7. The summed E-state index contributed by atoms with van der Waals surface area (Å²) in [6, 6.07) is 32.6. The molecule has 0 bridgehead atoms. The van der Waals surface area contributed by atoms with Crippen molar-refractivity contribution in [3.63, 3.8) is 0 Å². The Morgan fingerprint density at radius 2 is 1.34 bits per heavy atom. The molecule has 144 valence electrons. The van der Waals surface area contributed by atoms with Crippen LogP contribution in [-0.4, -0.2) is 10.4 Å². The molecule has 1 atom stereocenters. The average Bonchev–Trinajstić information content (AvgIpc) is 3.30. The van der Waals surface area contributed by atoms with Gasteiger partial charge in [-0.1, -0.05) is 79.7 Å². The standard InChI is InChI=1S/C27H25NO/c1-27(24-12-6-3-7-13-24,21-26(29)23-10-4-2-5-11-23)20-22-14-16-25(17-15-22)28-18-8-9-19-28/h2-19H,20-21H2,1H3. The second kappa shape index (κ2) is 8.32. The van der Waals surface area contributed by atoms with Crippen LogP contribution >= 0.6 is 0 Å². The highest BCUT2D eigenvalue weighted by Gasteiger charge is 2.30. The number of ketones is 1. The van der Waals surface area contributed by atoms with E-state index < -0.39 is 0 Å². The third-order valence-electron chi connectivity index (χ3n) is 5.55. The maximum atomic E-state index is 13.0. The molecule has 2 nitrogen and oxygen atoms in total. The summed E-state index contributed by atoms with van der Waals surface area (Å²) < 4.78 is 2.10. The van der Waals surface area contributed by atoms with Gasteiger partial charge in [-0.2, -0.15) is 0 Å². The molecule has 3 aromatic carbocycles. The molecule has 0 aliphatic rings. The number of hydrogen-bond donors (Lipinski definition) is 0. The summed E-state index contributed by atoms with van der Waals surface area (Å²) in [6.45, 7) is 2.20. The molecule has 1 aromatic heterocycles. The molecule has 0 saturated carbocycles. The van der Waals surface area contributed by atoms with Crippen LogP contribution in [0.5, 0.6) is 0 Å². The highest BCUT2D eigenvalue weighted by molar-refractivity contribution is 5.96. The van der Waals surface area contributed by atoms with E-state index >= 15 is 0 Å². The van der Waals surface area contributed by atoms with E-state index in [1.165, 1.54) is 11.1 Å². The van der Waals surface area contributed by atoms with Crippen LogP contribution in [0.2, 0.25) is 0 Å². The van der Waals surface area contributed by atoms with Crippen LogP contribution in [0.1, 0.15) is 34.8 Å². The highest BCUT2D eigenvalue weighted by Crippen LogP contribution is 2.33. The second-order valence-corrected chi connectivity index (χ2v) is 7.83. The van der Waals surface area contributed by atoms with Crippen molar-refractivity contribution in [3.8, 4) is 5.69 Å². The molecule has 0 fully saturated rings. The molecule has 0 aliphatic heterocycles. The lowest BCUT2D eigenvalue weighted by molar-refractivity contribution is 0.0953. The van der Waals surface area contributed by atoms with Gasteiger partial charge in [0, 0.05) is 35.5 Å². The number of aromatic nitrogens is 1. The Morgan fingerprint density at radius 3 is 1.97 bits per heavy atom. The molecule has 4 rings (SSSR count). The summed E-state index contributed by atoms with van der Waals surface area (Å²) >= 11 is 0. The predicted octanol–water partition coefficient (Wildman–Crippen LogP) is 6.25. The van der Waals surface area contributed by atoms with Crippen LogP contribution in [0.25, 0.3) is 5.69 Å². The largest absolute Gasteiger partial charge is 0.324 e. The summed E-state index contributed by atoms with van der Waals surface area (Å²) in [6.07, 6.45) is 5.37. The predicted molar refractivity (Wildman–Crippen MR) is 119 cm³/mol. The Bertz CT molecular complexity index is 1050. The molecular weight excluding hydrogens is 354 g/mol. The molecule has 0 saturated heterocycles. The third-order valence-corrected chi connectivity index (χ3v) is 5.55. The van der Waals surface area contributed by atoms with Gasteiger partial charge in [-0.05, 0) is 41.8 Å². The van der Waals surface area contributed by atoms with E-state index in [-0.39, 0.29) is 11.2 Å². The maximum absolute atomic E-state index is 13.0. The molecule has 0 N–H and O–H groups in total. The van der Waals surface area contributed by atoms with Crippen molar-refractivity contribution in [1.82, 2.24) is 4.57 Å². The van der Waals surface area contributed by atoms with Gasteiger partial charge in [-0.25, -0.2) is 0 Å². The van der Waals surface area contributed by atoms with Gasteiger partial charge >= 0.3 is 0 Å². The smallest absolute Gasteiger partial charge is 0.163 e. The lowest BCUT2D eigenvalue weighted by Gasteiger charge is -2.30. The van der Waals surface area contributed by atoms with Crippen LogP contribution in [0.3, 0.4) is 0 Å². The first-order chi connectivity index (χ1) is 14.1. The van der Waals surface area contributed by atoms with Gasteiger partial charge in [-0.15, -0.1) is 0 Å². The van der Waals surface area contributed by atoms with Crippen molar-refractivity contribution in [2.45, 2.75) is 25.2 Å². The van der Waals surface area contributed by atoms with E-state index in [0.717, 1.165) is 17.7 Å². The fraction of sp³-hybridized carbons (Fsp3) is 0.148. The first kappa shape index (κ1) is 18.9. The minimum atomic E-state index is -0.275. The van der Waals surface area contributed by atoms with E-state index in [0.29, 0.717) is 6.42 Å². The number of hydrogen-bond acceptors (Lipinski definition) is 1. The van der Waals surface area contributed by atoms with Gasteiger partial charge in [0.25, 0.3) is 0 Å². The van der Waals surface area contributed by atoms with Crippen molar-refractivity contribution in [2.24, 2.45) is 0 Å². The van der Waals surface area contributed by atoms with Crippen molar-refractivity contribution < 1.29 is 4.79 Å². The van der Waals surface area contributed by atoms with Gasteiger partial charge < -0.3 is 4.57 Å². The molecule has 0 radical (unpaired) electrons. The van der Waals surface area contributed by atoms with E-state index in [2.05, 4.69) is 60.0 Å². The van der Waals surface area contributed by atoms with E-state index in [1.807, 2.05) is 60.9 Å². The van der Waals surface area contributed by atoms with Crippen molar-refractivity contribution in [2.75, 3.05) is 0 Å². The molecular formula is C27H25NO. The van der Waals surface area contributed by atoms with E-state index in [9.17, 15) is 4.79 Å². The maximum Gasteiger partial charge on any atom is 0.163 e. The molecule has 0 amide bonds. The van der Waals surface area contributed by atoms with Crippen LogP contribution in [-0.2, 0) is 11.8 Å². The Labute approximate surface area is 172 Å². The molecule has 1 unspecified atom stereocenters. The number of benzene rings is 3. The topological polar surface area (TPSA) is 22.0 Å². The van der Waals surface area contributed by atoms with E-state index in [4.69, 9.17) is 0 Å². The second-order valence-electron chi connectivity index (χ2n) is 7.83. The lowest BCUT2D eigenvalue weighted by Crippen LogP contribution is -2.28. The van der Waals surface area contributed by atoms with Gasteiger partial charge in [0.1, 0.15) is 0 Å². The summed E-state index contributed by atoms with van der Waals surface area (Å²) in [5.74, 6) is 0.181. The van der Waals surface area contributed by atoms with Gasteiger partial charge in [0.05, 0.1) is 0 Å². The number of Topliss-reactive ketones (excluding diaryl/α,β-unsaturated/α-hetero) is 1. The van der Waals surface area contributed by atoms with Crippen molar-refractivity contribution >= 4 is 5.78 Å². The molecule has 2 heteroatoms. The van der Waals surface area contributed by atoms with Crippen LogP contribution in [0, 0.1) is 0 Å². The minimum Gasteiger partial charge on any atom is -0.324 e. The Kier molecular flexibility index (Phi) is 5.44. The van der Waals surface area contributed by atoms with Crippen LogP contribution < -0.4 is 0 Å². The van der Waals surface area contributed by atoms with Gasteiger partial charge in [0.15, 0.2) is 5.78 Å². The monoisotopic (exact) mass is 379 g/mol. The normalized spacial score (nSPS) is 13.0. The van der Waals surface area contributed by atoms with Crippen LogP contribution in [0.15, 0.2) is 109 Å². The lowest BCUT2D eigenvalue weighted by atomic mass is 9.73. The first-order valence-corrected chi connectivity index (χ1v) is 10.0. The zero-order valence-electron chi connectivity index (χ0n) is 16.7. The Hall–Kier alpha value is -3.39. The number of carbonyl (C=O) groups is 1. The minimum absolute atomic E-state index is 0.181. The van der Waals surface area contributed by atoms with E-state index in [1.54, 1.807) is 0 Å². The molecule has 1 heterocycles. The molecule has 29 heavy (non-hydrogen) atoms. The zero-order chi connectivity index (χ0) is 20.1. The molecule has 0 aliphatic carbocycles. The number of nitrogens with zero attached hydrogens (tertiary/aromatic N) is 1. The van der Waals surface area contributed by atoms with Gasteiger partial charge in [-0.3, -0.25) is 4.79 Å². The SMILES string of the molecule is CC(CC(=O)c1ccccc1)(Cc1ccc(-n2cccc2)cc1)c1ccccc1. The van der Waals surface area contributed by atoms with Crippen molar-refractivity contribution in [3.05, 3.63) is 126 Å². The Morgan fingerprint density at radius 1 is 0.759 bits per heavy atom. The summed E-state index contributed by atoms with van der Waals surface area (Å²) in [4.78, 5) is 13.0. The Balaban J connectivity index is 1.61. The summed E-state index contributed by atoms with van der Waals surface area (Å²) in [5.41, 5.74) is 4.06. The molecule has 0 spiro atoms. The summed E-state index contributed by atoms with van der Waals surface area (Å²) in [5, 5.41) is 0. The van der Waals surface area contributed by atoms with Crippen molar-refractivity contribution in [1.29, 1.82) is 0 Å². The number of rotatable bonds is 7. The fourth-order valence-electron chi connectivity index (χ4n) is 3.93. The molecule has 4 aromatic rings. The quantitative estimate of drug-likeness (QED) is 0.348. The van der Waals surface area contributed by atoms with Gasteiger partial charge in [0.2, 0.25) is 0 Å². The van der Waals surface area contributed by atoms with Crippen LogP contribution in [0.4, 0.5) is 0 Å². The third kappa shape index (κ3) is 4.38. The summed E-state index contributed by atoms with van der Waals surface area (Å²) in [7, 11) is 0. The number of carbonyl (C=O) groups excluding carboxylic acids is 1.